The lowest BCUT2D eigenvalue weighted by molar-refractivity contribution is -0.201. The van der Waals surface area contributed by atoms with Gasteiger partial charge in [0, 0.05) is 10.8 Å². The van der Waals surface area contributed by atoms with Crippen LogP contribution in [0.15, 0.2) is 0 Å². The SMILES string of the molecule is OCC12C(Cl)C(Cl)C1(CO)C(Cl)C2Cl. The Bertz CT molecular complexity index is 218. The van der Waals surface area contributed by atoms with Crippen molar-refractivity contribution in [1.29, 1.82) is 0 Å². The highest BCUT2D eigenvalue weighted by Crippen LogP contribution is 2.75. The van der Waals surface area contributed by atoms with Crippen LogP contribution in [0.2, 0.25) is 0 Å². The van der Waals surface area contributed by atoms with Gasteiger partial charge in [0.1, 0.15) is 0 Å². The third-order valence-electron chi connectivity index (χ3n) is 3.87. The van der Waals surface area contributed by atoms with Crippen LogP contribution >= 0.6 is 46.4 Å². The van der Waals surface area contributed by atoms with Crippen molar-refractivity contribution in [3.63, 3.8) is 0 Å². The van der Waals surface area contributed by atoms with Gasteiger partial charge in [-0.15, -0.1) is 46.4 Å². The molecule has 0 radical (unpaired) electrons. The van der Waals surface area contributed by atoms with Gasteiger partial charge in [0.2, 0.25) is 0 Å². The number of hydrogen-bond donors (Lipinski definition) is 2. The second-order valence-electron chi connectivity index (χ2n) is 4.00. The molecule has 0 amide bonds. The van der Waals surface area contributed by atoms with Gasteiger partial charge in [-0.25, -0.2) is 0 Å². The van der Waals surface area contributed by atoms with Crippen molar-refractivity contribution in [1.82, 2.24) is 0 Å². The Morgan fingerprint density at radius 1 is 0.714 bits per heavy atom. The minimum absolute atomic E-state index is 0.192. The first-order valence-electron chi connectivity index (χ1n) is 4.28. The highest BCUT2D eigenvalue weighted by atomic mass is 35.5. The van der Waals surface area contributed by atoms with Gasteiger partial charge in [0.05, 0.1) is 34.7 Å². The van der Waals surface area contributed by atoms with E-state index >= 15 is 0 Å². The molecule has 2 aliphatic rings. The van der Waals surface area contributed by atoms with E-state index in [9.17, 15) is 10.2 Å². The second kappa shape index (κ2) is 3.28. The van der Waals surface area contributed by atoms with Crippen molar-refractivity contribution < 1.29 is 10.2 Å². The van der Waals surface area contributed by atoms with Crippen molar-refractivity contribution in [3.05, 3.63) is 0 Å². The minimum atomic E-state index is -0.719. The summed E-state index contributed by atoms with van der Waals surface area (Å²) in [6.07, 6.45) is 0. The molecule has 0 aromatic rings. The van der Waals surface area contributed by atoms with Crippen LogP contribution in [-0.2, 0) is 0 Å². The summed E-state index contributed by atoms with van der Waals surface area (Å²) >= 11 is 24.1. The van der Waals surface area contributed by atoms with Crippen LogP contribution in [0.25, 0.3) is 0 Å². The van der Waals surface area contributed by atoms with Crippen LogP contribution in [0.5, 0.6) is 0 Å². The summed E-state index contributed by atoms with van der Waals surface area (Å²) < 4.78 is 0. The Hall–Kier alpha value is 1.08. The largest absolute Gasteiger partial charge is 0.396 e. The van der Waals surface area contributed by atoms with Crippen LogP contribution in [0.1, 0.15) is 0 Å². The van der Waals surface area contributed by atoms with E-state index in [0.717, 1.165) is 0 Å². The van der Waals surface area contributed by atoms with Crippen molar-refractivity contribution in [2.24, 2.45) is 10.8 Å². The Balaban J connectivity index is 2.37. The van der Waals surface area contributed by atoms with Crippen molar-refractivity contribution >= 4 is 46.4 Å². The zero-order valence-electron chi connectivity index (χ0n) is 7.13. The minimum Gasteiger partial charge on any atom is -0.396 e. The van der Waals surface area contributed by atoms with Gasteiger partial charge in [-0.05, 0) is 0 Å². The number of aliphatic hydroxyl groups is 2. The molecule has 0 aromatic heterocycles. The molecule has 4 unspecified atom stereocenters. The van der Waals surface area contributed by atoms with Gasteiger partial charge in [-0.2, -0.15) is 0 Å². The zero-order chi connectivity index (χ0) is 10.7. The summed E-state index contributed by atoms with van der Waals surface area (Å²) in [6, 6.07) is 0. The molecule has 0 heterocycles. The fraction of sp³-hybridized carbons (Fsp3) is 1.00. The van der Waals surface area contributed by atoms with Gasteiger partial charge in [0.25, 0.3) is 0 Å². The average molecular weight is 280 g/mol. The molecule has 4 atom stereocenters. The predicted octanol–water partition coefficient (Wildman–Crippen LogP) is 1.40. The number of rotatable bonds is 2. The average Bonchev–Trinajstić information content (AvgIpc) is 2.21. The van der Waals surface area contributed by atoms with E-state index < -0.39 is 32.3 Å². The smallest absolute Gasteiger partial charge is 0.0607 e. The molecule has 2 saturated carbocycles. The van der Waals surface area contributed by atoms with Crippen LogP contribution in [0, 0.1) is 10.8 Å². The highest BCUT2D eigenvalue weighted by Gasteiger charge is 2.84. The number of halogens is 4. The third kappa shape index (κ3) is 0.826. The van der Waals surface area contributed by atoms with Crippen molar-refractivity contribution in [2.45, 2.75) is 21.5 Å². The highest BCUT2D eigenvalue weighted by molar-refractivity contribution is 6.39. The quantitative estimate of drug-likeness (QED) is 0.751. The molecule has 82 valence electrons. The van der Waals surface area contributed by atoms with Gasteiger partial charge in [0.15, 0.2) is 0 Å². The normalized spacial score (nSPS) is 61.3. The van der Waals surface area contributed by atoms with Crippen LogP contribution in [0.3, 0.4) is 0 Å². The maximum absolute atomic E-state index is 9.34. The number of hydrogen-bond acceptors (Lipinski definition) is 2. The van der Waals surface area contributed by atoms with E-state index in [4.69, 9.17) is 46.4 Å². The maximum atomic E-state index is 9.34. The summed E-state index contributed by atoms with van der Waals surface area (Å²) in [5.74, 6) is 0. The summed E-state index contributed by atoms with van der Waals surface area (Å²) in [7, 11) is 0. The first kappa shape index (κ1) is 11.6. The molecule has 6 heteroatoms. The molecule has 2 nitrogen and oxygen atoms in total. The standard InChI is InChI=1S/C8H10Cl4O2/c9-3-5(11)8(2-14)6(12)4(10)7(3,8)1-13/h3-6,13-14H,1-2H2. The Kier molecular flexibility index (Phi) is 2.71. The van der Waals surface area contributed by atoms with E-state index in [1.54, 1.807) is 0 Å². The molecule has 0 aromatic carbocycles. The van der Waals surface area contributed by atoms with Gasteiger partial charge < -0.3 is 10.2 Å². The predicted molar refractivity (Wildman–Crippen MR) is 57.6 cm³/mol. The fourth-order valence-corrected chi connectivity index (χ4v) is 5.49. The molecule has 0 saturated heterocycles. The first-order valence-corrected chi connectivity index (χ1v) is 6.03. The topological polar surface area (TPSA) is 40.5 Å². The Labute approximate surface area is 102 Å². The zero-order valence-corrected chi connectivity index (χ0v) is 10.2. The Morgan fingerprint density at radius 2 is 0.929 bits per heavy atom. The summed E-state index contributed by atoms with van der Waals surface area (Å²) in [5, 5.41) is 17.0. The molecule has 0 spiro atoms. The number of fused-ring (bicyclic) bond motifs is 1. The summed E-state index contributed by atoms with van der Waals surface area (Å²) in [4.78, 5) is 0. The van der Waals surface area contributed by atoms with Crippen molar-refractivity contribution in [2.75, 3.05) is 13.2 Å². The lowest BCUT2D eigenvalue weighted by Gasteiger charge is -2.76. The van der Waals surface area contributed by atoms with E-state index in [0.29, 0.717) is 0 Å². The maximum Gasteiger partial charge on any atom is 0.0607 e. The van der Waals surface area contributed by atoms with Gasteiger partial charge >= 0.3 is 0 Å². The molecule has 2 N–H and O–H groups in total. The van der Waals surface area contributed by atoms with Crippen molar-refractivity contribution in [3.8, 4) is 0 Å². The van der Waals surface area contributed by atoms with Gasteiger partial charge in [-0.1, -0.05) is 0 Å². The van der Waals surface area contributed by atoms with E-state index in [-0.39, 0.29) is 13.2 Å². The van der Waals surface area contributed by atoms with E-state index in [1.165, 1.54) is 0 Å². The Morgan fingerprint density at radius 3 is 1.07 bits per heavy atom. The van der Waals surface area contributed by atoms with E-state index in [2.05, 4.69) is 0 Å². The van der Waals surface area contributed by atoms with Gasteiger partial charge in [-0.3, -0.25) is 0 Å². The molecule has 2 rings (SSSR count). The second-order valence-corrected chi connectivity index (χ2v) is 5.88. The molecular weight excluding hydrogens is 270 g/mol. The summed E-state index contributed by atoms with van der Waals surface area (Å²) in [5.41, 5.74) is -1.44. The fourth-order valence-electron chi connectivity index (χ4n) is 2.83. The monoisotopic (exact) mass is 278 g/mol. The van der Waals surface area contributed by atoms with Crippen LogP contribution in [0.4, 0.5) is 0 Å². The van der Waals surface area contributed by atoms with E-state index in [1.807, 2.05) is 0 Å². The molecule has 0 aliphatic heterocycles. The third-order valence-corrected chi connectivity index (χ3v) is 6.70. The molecular formula is C8H10Cl4O2. The lowest BCUT2D eigenvalue weighted by atomic mass is 9.37. The molecule has 0 bridgehead atoms. The lowest BCUT2D eigenvalue weighted by Crippen LogP contribution is -2.87. The number of alkyl halides is 4. The van der Waals surface area contributed by atoms with Crippen LogP contribution < -0.4 is 0 Å². The summed E-state index contributed by atoms with van der Waals surface area (Å²) in [6.45, 7) is -0.384. The number of aliphatic hydroxyl groups excluding tert-OH is 2. The van der Waals surface area contributed by atoms with Crippen LogP contribution in [-0.4, -0.2) is 44.9 Å². The molecule has 14 heavy (non-hydrogen) atoms. The molecule has 2 fully saturated rings. The first-order chi connectivity index (χ1) is 6.50. The molecule has 2 aliphatic carbocycles.